The number of ether oxygens (including phenoxy) is 1. The van der Waals surface area contributed by atoms with E-state index in [4.69, 9.17) is 4.74 Å². The van der Waals surface area contributed by atoms with Crippen LogP contribution in [0.25, 0.3) is 0 Å². The quantitative estimate of drug-likeness (QED) is 0.746. The zero-order valence-electron chi connectivity index (χ0n) is 9.82. The molecule has 0 saturated heterocycles. The van der Waals surface area contributed by atoms with Crippen molar-refractivity contribution in [2.45, 2.75) is 52.1 Å². The van der Waals surface area contributed by atoms with Gasteiger partial charge in [0, 0.05) is 12.0 Å². The number of hydrogen-bond acceptors (Lipinski definition) is 3. The van der Waals surface area contributed by atoms with E-state index in [-0.39, 0.29) is 6.10 Å². The number of fused-ring (bicyclic) bond motifs is 1. The van der Waals surface area contributed by atoms with E-state index in [0.29, 0.717) is 17.7 Å². The monoisotopic (exact) mass is 206 g/mol. The molecule has 82 valence electrons. The zero-order valence-corrected chi connectivity index (χ0v) is 9.82. The maximum Gasteiger partial charge on any atom is 0.233 e. The van der Waals surface area contributed by atoms with Gasteiger partial charge in [-0.15, -0.1) is 5.10 Å². The minimum atomic E-state index is 0.159. The molecule has 2 rings (SSSR count). The molecule has 1 aromatic heterocycles. The first-order valence-corrected chi connectivity index (χ1v) is 5.62. The molecule has 0 spiro atoms. The maximum absolute atomic E-state index is 5.55. The van der Waals surface area contributed by atoms with Crippen molar-refractivity contribution in [1.82, 2.24) is 10.2 Å². The number of aromatic nitrogens is 2. The molecule has 2 unspecified atom stereocenters. The second kappa shape index (κ2) is 3.80. The molecule has 15 heavy (non-hydrogen) atoms. The van der Waals surface area contributed by atoms with Crippen LogP contribution >= 0.6 is 0 Å². The SMILES string of the molecule is CC(C)Oc1cc2c(nn1)C(C)CC2C. The van der Waals surface area contributed by atoms with Gasteiger partial charge in [0.15, 0.2) is 0 Å². The standard InChI is InChI=1S/C12H18N2O/c1-7(2)15-11-6-10-8(3)5-9(4)12(10)14-13-11/h6-9H,5H2,1-4H3. The topological polar surface area (TPSA) is 35.0 Å². The van der Waals surface area contributed by atoms with E-state index in [1.165, 1.54) is 12.0 Å². The largest absolute Gasteiger partial charge is 0.474 e. The van der Waals surface area contributed by atoms with Crippen LogP contribution < -0.4 is 4.74 Å². The van der Waals surface area contributed by atoms with Crippen molar-refractivity contribution in [1.29, 1.82) is 0 Å². The van der Waals surface area contributed by atoms with Crippen LogP contribution in [0, 0.1) is 0 Å². The van der Waals surface area contributed by atoms with Crippen LogP contribution in [0.2, 0.25) is 0 Å². The summed E-state index contributed by atoms with van der Waals surface area (Å²) in [5.74, 6) is 1.78. The van der Waals surface area contributed by atoms with E-state index >= 15 is 0 Å². The first-order chi connectivity index (χ1) is 7.08. The molecule has 1 aliphatic rings. The molecule has 3 heteroatoms. The fourth-order valence-electron chi connectivity index (χ4n) is 2.24. The molecular formula is C12H18N2O. The van der Waals surface area contributed by atoms with Crippen LogP contribution in [0.3, 0.4) is 0 Å². The van der Waals surface area contributed by atoms with Gasteiger partial charge in [-0.05, 0) is 31.7 Å². The molecule has 1 aromatic rings. The highest BCUT2D eigenvalue weighted by atomic mass is 16.5. The zero-order chi connectivity index (χ0) is 11.0. The summed E-state index contributed by atoms with van der Waals surface area (Å²) in [5.41, 5.74) is 2.46. The minimum absolute atomic E-state index is 0.159. The van der Waals surface area contributed by atoms with Gasteiger partial charge in [0.1, 0.15) is 0 Å². The van der Waals surface area contributed by atoms with Gasteiger partial charge in [0.05, 0.1) is 11.8 Å². The van der Waals surface area contributed by atoms with Crippen LogP contribution in [0.5, 0.6) is 5.88 Å². The van der Waals surface area contributed by atoms with Crippen molar-refractivity contribution < 1.29 is 4.74 Å². The minimum Gasteiger partial charge on any atom is -0.474 e. The van der Waals surface area contributed by atoms with Gasteiger partial charge in [0.25, 0.3) is 0 Å². The first kappa shape index (κ1) is 10.4. The summed E-state index contributed by atoms with van der Waals surface area (Å²) in [6.07, 6.45) is 1.33. The van der Waals surface area contributed by atoms with E-state index in [1.807, 2.05) is 13.8 Å². The second-order valence-electron chi connectivity index (χ2n) is 4.73. The third-order valence-electron chi connectivity index (χ3n) is 2.89. The lowest BCUT2D eigenvalue weighted by Gasteiger charge is -2.10. The molecule has 0 aromatic carbocycles. The van der Waals surface area contributed by atoms with E-state index in [1.54, 1.807) is 0 Å². The van der Waals surface area contributed by atoms with Crippen molar-refractivity contribution in [2.24, 2.45) is 0 Å². The Morgan fingerprint density at radius 2 is 2.00 bits per heavy atom. The fraction of sp³-hybridized carbons (Fsp3) is 0.667. The summed E-state index contributed by atoms with van der Waals surface area (Å²) in [5, 5.41) is 8.37. The molecule has 1 aliphatic carbocycles. The lowest BCUT2D eigenvalue weighted by atomic mass is 10.1. The van der Waals surface area contributed by atoms with Crippen LogP contribution in [0.4, 0.5) is 0 Å². The third-order valence-corrected chi connectivity index (χ3v) is 2.89. The fourth-order valence-corrected chi connectivity index (χ4v) is 2.24. The first-order valence-electron chi connectivity index (χ1n) is 5.62. The van der Waals surface area contributed by atoms with Crippen LogP contribution in [0.15, 0.2) is 6.07 Å². The van der Waals surface area contributed by atoms with Gasteiger partial charge in [0.2, 0.25) is 5.88 Å². The highest BCUT2D eigenvalue weighted by Gasteiger charge is 2.27. The molecule has 0 radical (unpaired) electrons. The summed E-state index contributed by atoms with van der Waals surface area (Å²) in [6.45, 7) is 8.45. The van der Waals surface area contributed by atoms with Crippen molar-refractivity contribution >= 4 is 0 Å². The smallest absolute Gasteiger partial charge is 0.233 e. The molecular weight excluding hydrogens is 188 g/mol. The average Bonchev–Trinajstić information content (AvgIpc) is 2.41. The molecule has 0 saturated carbocycles. The molecule has 2 atom stereocenters. The Morgan fingerprint density at radius 1 is 1.27 bits per heavy atom. The normalized spacial score (nSPS) is 24.3. The van der Waals surface area contributed by atoms with E-state index in [2.05, 4.69) is 30.1 Å². The predicted molar refractivity (Wildman–Crippen MR) is 59.2 cm³/mol. The molecule has 1 heterocycles. The molecule has 0 fully saturated rings. The Labute approximate surface area is 90.9 Å². The Balaban J connectivity index is 2.30. The van der Waals surface area contributed by atoms with Gasteiger partial charge in [-0.3, -0.25) is 0 Å². The summed E-state index contributed by atoms with van der Waals surface area (Å²) >= 11 is 0. The lowest BCUT2D eigenvalue weighted by molar-refractivity contribution is 0.229. The van der Waals surface area contributed by atoms with Crippen molar-refractivity contribution in [3.8, 4) is 5.88 Å². The Bertz CT molecular complexity index is 363. The van der Waals surface area contributed by atoms with Gasteiger partial charge in [-0.2, -0.15) is 5.10 Å². The predicted octanol–water partition coefficient (Wildman–Crippen LogP) is 2.87. The van der Waals surface area contributed by atoms with Gasteiger partial charge < -0.3 is 4.74 Å². The number of rotatable bonds is 2. The number of hydrogen-bond donors (Lipinski definition) is 0. The van der Waals surface area contributed by atoms with Crippen LogP contribution in [-0.4, -0.2) is 16.3 Å². The summed E-state index contributed by atoms with van der Waals surface area (Å²) in [6, 6.07) is 2.05. The number of nitrogens with zero attached hydrogens (tertiary/aromatic N) is 2. The Hall–Kier alpha value is -1.12. The van der Waals surface area contributed by atoms with E-state index in [9.17, 15) is 0 Å². The molecule has 3 nitrogen and oxygen atoms in total. The maximum atomic E-state index is 5.55. The molecule has 0 amide bonds. The van der Waals surface area contributed by atoms with Gasteiger partial charge in [-0.25, -0.2) is 0 Å². The Kier molecular flexibility index (Phi) is 2.63. The highest BCUT2D eigenvalue weighted by molar-refractivity contribution is 5.34. The lowest BCUT2D eigenvalue weighted by Crippen LogP contribution is -2.08. The van der Waals surface area contributed by atoms with Gasteiger partial charge >= 0.3 is 0 Å². The summed E-state index contributed by atoms with van der Waals surface area (Å²) < 4.78 is 5.55. The second-order valence-corrected chi connectivity index (χ2v) is 4.73. The highest BCUT2D eigenvalue weighted by Crippen LogP contribution is 2.40. The average molecular weight is 206 g/mol. The van der Waals surface area contributed by atoms with Crippen LogP contribution in [-0.2, 0) is 0 Å². The molecule has 0 aliphatic heterocycles. The van der Waals surface area contributed by atoms with Crippen molar-refractivity contribution in [2.75, 3.05) is 0 Å². The van der Waals surface area contributed by atoms with Crippen molar-refractivity contribution in [3.05, 3.63) is 17.3 Å². The molecule has 0 N–H and O–H groups in total. The van der Waals surface area contributed by atoms with Crippen molar-refractivity contribution in [3.63, 3.8) is 0 Å². The molecule has 0 bridgehead atoms. The Morgan fingerprint density at radius 3 is 2.67 bits per heavy atom. The van der Waals surface area contributed by atoms with Gasteiger partial charge in [-0.1, -0.05) is 13.8 Å². The summed E-state index contributed by atoms with van der Waals surface area (Å²) in [7, 11) is 0. The summed E-state index contributed by atoms with van der Waals surface area (Å²) in [4.78, 5) is 0. The van der Waals surface area contributed by atoms with E-state index in [0.717, 1.165) is 5.69 Å². The van der Waals surface area contributed by atoms with Crippen LogP contribution in [0.1, 0.15) is 57.2 Å². The third kappa shape index (κ3) is 1.96. The van der Waals surface area contributed by atoms with E-state index < -0.39 is 0 Å².